The zero-order valence-corrected chi connectivity index (χ0v) is 23.6. The number of fused-ring (bicyclic) bond motifs is 1. The highest BCUT2D eigenvalue weighted by atomic mass is 28.1. The lowest BCUT2D eigenvalue weighted by atomic mass is 10.1. The molecular formula is C29H35N6O3Si. The Labute approximate surface area is 232 Å². The third kappa shape index (κ3) is 6.29. The number of aryl methyl sites for hydroxylation is 1. The number of nitrogens with zero attached hydrogens (tertiary/aromatic N) is 5. The van der Waals surface area contributed by atoms with Gasteiger partial charge in [0, 0.05) is 63.4 Å². The van der Waals surface area contributed by atoms with Crippen LogP contribution in [0.5, 0.6) is 0 Å². The summed E-state index contributed by atoms with van der Waals surface area (Å²) in [4.78, 5) is 39.7. The third-order valence-corrected chi connectivity index (χ3v) is 8.01. The number of rotatable bonds is 7. The van der Waals surface area contributed by atoms with E-state index in [1.165, 1.54) is 0 Å². The minimum Gasteiger partial charge on any atom is -0.380 e. The van der Waals surface area contributed by atoms with Gasteiger partial charge in [-0.25, -0.2) is 4.98 Å². The maximum Gasteiger partial charge on any atom is 0.258 e. The molecule has 3 radical (unpaired) electrons. The van der Waals surface area contributed by atoms with Crippen molar-refractivity contribution in [1.82, 2.24) is 24.3 Å². The summed E-state index contributed by atoms with van der Waals surface area (Å²) < 4.78 is 7.54. The van der Waals surface area contributed by atoms with Crippen molar-refractivity contribution < 1.29 is 14.3 Å². The van der Waals surface area contributed by atoms with E-state index in [1.807, 2.05) is 36.1 Å². The van der Waals surface area contributed by atoms with Crippen molar-refractivity contribution in [2.24, 2.45) is 0 Å². The Morgan fingerprint density at radius 2 is 2.05 bits per heavy atom. The highest BCUT2D eigenvalue weighted by Gasteiger charge is 2.27. The number of anilines is 1. The fraction of sp³-hybridized carbons (Fsp3) is 0.448. The third-order valence-electron chi connectivity index (χ3n) is 7.60. The van der Waals surface area contributed by atoms with Crippen molar-refractivity contribution in [3.8, 4) is 0 Å². The van der Waals surface area contributed by atoms with Crippen LogP contribution in [0.2, 0.25) is 0 Å². The normalized spacial score (nSPS) is 20.5. The standard InChI is InChI=1S/C29H35N6O3Si/c1-20-17-21(11-13-30-20)28(37)32-29-31-24-8-5-9-25(39)27(24)35(29)22-7-3-4-15-34(18-22)26(36)10-6-14-33-16-12-23(19-33)38-2/h5-6,8-11,13,17,22-23H,3-4,7,12,14-16,18-19H2,1-2H3,(H,31,32,37)/b10-6+/t22-,23-/m1/s1. The molecule has 203 valence electrons. The Hall–Kier alpha value is -3.34. The average Bonchev–Trinajstić information content (AvgIpc) is 3.45. The molecule has 2 aliphatic rings. The number of pyridine rings is 1. The van der Waals surface area contributed by atoms with E-state index in [0.717, 1.165) is 67.2 Å². The second-order valence-corrected chi connectivity index (χ2v) is 10.9. The number of carbonyl (C=O) groups is 2. The Balaban J connectivity index is 1.37. The van der Waals surface area contributed by atoms with Gasteiger partial charge < -0.3 is 14.2 Å². The number of hydrogen-bond acceptors (Lipinski definition) is 6. The Morgan fingerprint density at radius 1 is 1.18 bits per heavy atom. The summed E-state index contributed by atoms with van der Waals surface area (Å²) in [5.74, 6) is 0.256. The first-order valence-electron chi connectivity index (χ1n) is 13.6. The first kappa shape index (κ1) is 27.2. The Morgan fingerprint density at radius 3 is 2.85 bits per heavy atom. The number of aromatic nitrogens is 3. The van der Waals surface area contributed by atoms with Crippen molar-refractivity contribution in [2.75, 3.05) is 45.2 Å². The molecule has 1 aromatic carbocycles. The number of amides is 2. The smallest absolute Gasteiger partial charge is 0.258 e. The van der Waals surface area contributed by atoms with Crippen LogP contribution in [0.15, 0.2) is 48.7 Å². The van der Waals surface area contributed by atoms with Crippen LogP contribution in [-0.4, -0.2) is 92.3 Å². The zero-order valence-electron chi connectivity index (χ0n) is 22.6. The molecule has 0 unspecified atom stereocenters. The predicted octanol–water partition coefficient (Wildman–Crippen LogP) is 2.62. The maximum absolute atomic E-state index is 13.3. The molecule has 2 amide bonds. The molecule has 10 heteroatoms. The van der Waals surface area contributed by atoms with Crippen molar-refractivity contribution >= 4 is 44.2 Å². The number of hydrogen-bond donors (Lipinski definition) is 1. The fourth-order valence-electron chi connectivity index (χ4n) is 5.55. The number of nitrogens with one attached hydrogen (secondary N) is 1. The van der Waals surface area contributed by atoms with Gasteiger partial charge in [0.05, 0.1) is 33.4 Å². The lowest BCUT2D eigenvalue weighted by Crippen LogP contribution is -2.35. The molecule has 2 aromatic heterocycles. The van der Waals surface area contributed by atoms with Gasteiger partial charge in [0.15, 0.2) is 0 Å². The number of para-hydroxylation sites is 1. The topological polar surface area (TPSA) is 92.6 Å². The van der Waals surface area contributed by atoms with Gasteiger partial charge in [0.2, 0.25) is 11.9 Å². The molecule has 5 rings (SSSR count). The highest BCUT2D eigenvalue weighted by molar-refractivity contribution is 6.38. The lowest BCUT2D eigenvalue weighted by molar-refractivity contribution is -0.126. The van der Waals surface area contributed by atoms with Crippen LogP contribution in [0.3, 0.4) is 0 Å². The number of methoxy groups -OCH3 is 1. The summed E-state index contributed by atoms with van der Waals surface area (Å²) in [6.07, 6.45) is 9.40. The maximum atomic E-state index is 13.3. The zero-order chi connectivity index (χ0) is 27.4. The summed E-state index contributed by atoms with van der Waals surface area (Å²) in [6, 6.07) is 9.26. The lowest BCUT2D eigenvalue weighted by Gasteiger charge is -2.26. The molecule has 9 nitrogen and oxygen atoms in total. The Bertz CT molecular complexity index is 1370. The molecule has 0 bridgehead atoms. The molecule has 0 aliphatic carbocycles. The summed E-state index contributed by atoms with van der Waals surface area (Å²) in [7, 11) is 5.51. The molecule has 2 fully saturated rings. The monoisotopic (exact) mass is 543 g/mol. The summed E-state index contributed by atoms with van der Waals surface area (Å²) in [5, 5.41) is 3.93. The van der Waals surface area contributed by atoms with Gasteiger partial charge in [-0.1, -0.05) is 18.2 Å². The molecule has 0 spiro atoms. The molecule has 0 saturated carbocycles. The number of likely N-dealkylation sites (tertiary alicyclic amines) is 2. The quantitative estimate of drug-likeness (QED) is 0.364. The van der Waals surface area contributed by atoms with Gasteiger partial charge in [-0.3, -0.25) is 24.8 Å². The van der Waals surface area contributed by atoms with Gasteiger partial charge >= 0.3 is 0 Å². The van der Waals surface area contributed by atoms with Crippen LogP contribution in [0, 0.1) is 6.92 Å². The van der Waals surface area contributed by atoms with E-state index in [-0.39, 0.29) is 24.0 Å². The van der Waals surface area contributed by atoms with Gasteiger partial charge in [0.25, 0.3) is 5.91 Å². The predicted molar refractivity (Wildman–Crippen MR) is 153 cm³/mol. The highest BCUT2D eigenvalue weighted by Crippen LogP contribution is 2.30. The van der Waals surface area contributed by atoms with Crippen LogP contribution in [-0.2, 0) is 9.53 Å². The molecule has 1 N–H and O–H groups in total. The SMILES string of the molecule is CO[C@@H]1CCN(C/C=C/C(=O)N2CCCC[C@@H](n3c(NC(=O)c4ccnc(C)c4)nc4cccc([Si])c43)C2)C1. The molecule has 2 atom stereocenters. The number of benzene rings is 1. The van der Waals surface area contributed by atoms with Gasteiger partial charge in [-0.15, -0.1) is 0 Å². The van der Waals surface area contributed by atoms with Crippen LogP contribution in [0.4, 0.5) is 5.95 Å². The van der Waals surface area contributed by atoms with E-state index in [9.17, 15) is 9.59 Å². The van der Waals surface area contributed by atoms with Crippen molar-refractivity contribution in [3.05, 3.63) is 59.9 Å². The van der Waals surface area contributed by atoms with Gasteiger partial charge in [-0.2, -0.15) is 0 Å². The van der Waals surface area contributed by atoms with E-state index in [2.05, 4.69) is 30.0 Å². The van der Waals surface area contributed by atoms with E-state index in [4.69, 9.17) is 9.72 Å². The van der Waals surface area contributed by atoms with Gasteiger partial charge in [-0.05, 0) is 56.0 Å². The van der Waals surface area contributed by atoms with E-state index in [1.54, 1.807) is 31.5 Å². The molecular weight excluding hydrogens is 508 g/mol. The molecule has 2 aliphatic heterocycles. The van der Waals surface area contributed by atoms with Crippen molar-refractivity contribution in [1.29, 1.82) is 0 Å². The van der Waals surface area contributed by atoms with Crippen LogP contribution >= 0.6 is 0 Å². The number of carbonyl (C=O) groups excluding carboxylic acids is 2. The van der Waals surface area contributed by atoms with Crippen LogP contribution < -0.4 is 10.5 Å². The summed E-state index contributed by atoms with van der Waals surface area (Å²) in [5.41, 5.74) is 2.99. The molecule has 39 heavy (non-hydrogen) atoms. The van der Waals surface area contributed by atoms with E-state index < -0.39 is 0 Å². The van der Waals surface area contributed by atoms with E-state index >= 15 is 0 Å². The van der Waals surface area contributed by atoms with Crippen LogP contribution in [0.25, 0.3) is 11.0 Å². The number of ether oxygens (including phenoxy) is 1. The van der Waals surface area contributed by atoms with E-state index in [0.29, 0.717) is 24.6 Å². The molecule has 2 saturated heterocycles. The fourth-order valence-corrected chi connectivity index (χ4v) is 5.89. The second kappa shape index (κ2) is 12.2. The first-order valence-corrected chi connectivity index (χ1v) is 14.1. The minimum atomic E-state index is -0.241. The summed E-state index contributed by atoms with van der Waals surface area (Å²) in [6.45, 7) is 5.74. The Kier molecular flexibility index (Phi) is 8.54. The minimum absolute atomic E-state index is 0.0188. The van der Waals surface area contributed by atoms with Crippen molar-refractivity contribution in [3.63, 3.8) is 0 Å². The van der Waals surface area contributed by atoms with Crippen LogP contribution in [0.1, 0.15) is 47.8 Å². The van der Waals surface area contributed by atoms with Crippen molar-refractivity contribution in [2.45, 2.75) is 44.8 Å². The largest absolute Gasteiger partial charge is 0.380 e. The average molecular weight is 544 g/mol. The number of imidazole rings is 1. The van der Waals surface area contributed by atoms with Gasteiger partial charge in [0.1, 0.15) is 0 Å². The second-order valence-electron chi connectivity index (χ2n) is 10.4. The summed E-state index contributed by atoms with van der Waals surface area (Å²) >= 11 is 0. The first-order chi connectivity index (χ1) is 18.9. The molecule has 3 aromatic rings. The molecule has 4 heterocycles.